The fourth-order valence-corrected chi connectivity index (χ4v) is 1.31. The fraction of sp³-hybridized carbons (Fsp3) is 0.300. The van der Waals surface area contributed by atoms with Crippen molar-refractivity contribution in [3.8, 4) is 17.6 Å². The van der Waals surface area contributed by atoms with Crippen LogP contribution in [0.15, 0.2) is 18.2 Å². The molecule has 0 fully saturated rings. The van der Waals surface area contributed by atoms with Crippen LogP contribution in [0.25, 0.3) is 0 Å². The van der Waals surface area contributed by atoms with Crippen LogP contribution >= 0.6 is 0 Å². The van der Waals surface area contributed by atoms with Gasteiger partial charge < -0.3 is 14.8 Å². The van der Waals surface area contributed by atoms with Crippen LogP contribution in [0.2, 0.25) is 0 Å². The van der Waals surface area contributed by atoms with E-state index in [9.17, 15) is 0 Å². The monoisotopic (exact) mass is 190 g/mol. The topological polar surface area (TPSA) is 54.3 Å². The molecule has 0 aliphatic carbocycles. The third-order valence-electron chi connectivity index (χ3n) is 1.97. The Morgan fingerprint density at radius 2 is 2.21 bits per heavy atom. The first-order valence-corrected chi connectivity index (χ1v) is 4.36. The van der Waals surface area contributed by atoms with E-state index in [2.05, 4.69) is 5.32 Å². The van der Waals surface area contributed by atoms with Gasteiger partial charge in [0, 0.05) is 6.54 Å². The molecule has 0 spiro atoms. The first-order valence-electron chi connectivity index (χ1n) is 4.36. The Bertz CT molecular complexity index is 371. The summed E-state index contributed by atoms with van der Waals surface area (Å²) in [6.45, 7) is 1.32. The number of nitrogens with zero attached hydrogens (tertiary/aromatic N) is 1. The maximum absolute atomic E-state index is 8.34. The average molecular weight is 190 g/mol. The summed E-state index contributed by atoms with van der Waals surface area (Å²) in [4.78, 5) is 0. The van der Waals surface area contributed by atoms with Gasteiger partial charge in [0.15, 0.2) is 11.5 Å². The van der Waals surface area contributed by atoms with Crippen molar-refractivity contribution in [3.05, 3.63) is 23.8 Å². The minimum atomic E-state index is 0.296. The lowest BCUT2D eigenvalue weighted by Crippen LogP contribution is -2.12. The summed E-state index contributed by atoms with van der Waals surface area (Å²) in [6.07, 6.45) is 0. The van der Waals surface area contributed by atoms with E-state index in [0.29, 0.717) is 19.9 Å². The maximum atomic E-state index is 8.34. The van der Waals surface area contributed by atoms with Crippen LogP contribution in [0.3, 0.4) is 0 Å². The highest BCUT2D eigenvalue weighted by molar-refractivity contribution is 5.44. The predicted molar refractivity (Wildman–Crippen MR) is 49.9 cm³/mol. The molecule has 4 nitrogen and oxygen atoms in total. The highest BCUT2D eigenvalue weighted by atomic mass is 16.7. The quantitative estimate of drug-likeness (QED) is 0.571. The molecule has 1 aliphatic heterocycles. The van der Waals surface area contributed by atoms with E-state index in [1.807, 2.05) is 24.3 Å². The van der Waals surface area contributed by atoms with Gasteiger partial charge in [-0.15, -0.1) is 0 Å². The Labute approximate surface area is 82.1 Å². The van der Waals surface area contributed by atoms with Crippen LogP contribution in [0.4, 0.5) is 0 Å². The second-order valence-electron chi connectivity index (χ2n) is 2.95. The molecule has 1 aromatic carbocycles. The van der Waals surface area contributed by atoms with Gasteiger partial charge in [-0.25, -0.2) is 0 Å². The van der Waals surface area contributed by atoms with Crippen LogP contribution in [0.1, 0.15) is 5.56 Å². The minimum Gasteiger partial charge on any atom is -0.454 e. The summed E-state index contributed by atoms with van der Waals surface area (Å²) in [5, 5.41) is 11.3. The number of benzene rings is 1. The first-order chi connectivity index (χ1) is 6.90. The molecule has 1 aliphatic rings. The molecule has 1 heterocycles. The van der Waals surface area contributed by atoms with Gasteiger partial charge in [-0.2, -0.15) is 5.26 Å². The summed E-state index contributed by atoms with van der Waals surface area (Å²) < 4.78 is 10.4. The SMILES string of the molecule is N#CCNCc1ccc2c(c1)OCO2. The summed E-state index contributed by atoms with van der Waals surface area (Å²) in [7, 11) is 0. The van der Waals surface area contributed by atoms with Crippen molar-refractivity contribution in [1.82, 2.24) is 5.32 Å². The smallest absolute Gasteiger partial charge is 0.231 e. The molecule has 72 valence electrons. The van der Waals surface area contributed by atoms with Crippen molar-refractivity contribution in [2.24, 2.45) is 0 Å². The van der Waals surface area contributed by atoms with Gasteiger partial charge in [0.05, 0.1) is 12.6 Å². The van der Waals surface area contributed by atoms with Gasteiger partial charge >= 0.3 is 0 Å². The van der Waals surface area contributed by atoms with Gasteiger partial charge in [0.25, 0.3) is 0 Å². The van der Waals surface area contributed by atoms with Gasteiger partial charge in [-0.1, -0.05) is 6.07 Å². The van der Waals surface area contributed by atoms with Gasteiger partial charge in [-0.3, -0.25) is 0 Å². The molecule has 0 unspecified atom stereocenters. The Balaban J connectivity index is 2.02. The standard InChI is InChI=1S/C10H10N2O2/c11-3-4-12-6-8-1-2-9-10(5-8)14-7-13-9/h1-2,5,12H,4,6-7H2. The van der Waals surface area contributed by atoms with Gasteiger partial charge in [0.2, 0.25) is 6.79 Å². The molecule has 14 heavy (non-hydrogen) atoms. The molecule has 0 amide bonds. The predicted octanol–water partition coefficient (Wildman–Crippen LogP) is 1.03. The first kappa shape index (κ1) is 8.85. The number of ether oxygens (including phenoxy) is 2. The zero-order valence-electron chi connectivity index (χ0n) is 7.62. The van der Waals surface area contributed by atoms with Gasteiger partial charge in [0.1, 0.15) is 0 Å². The van der Waals surface area contributed by atoms with Gasteiger partial charge in [-0.05, 0) is 17.7 Å². The number of nitrogens with one attached hydrogen (secondary N) is 1. The average Bonchev–Trinajstić information content (AvgIpc) is 2.65. The number of nitriles is 1. The molecule has 2 rings (SSSR count). The summed E-state index contributed by atoms with van der Waals surface area (Å²) in [5.74, 6) is 1.57. The third kappa shape index (κ3) is 1.78. The molecule has 0 saturated carbocycles. The largest absolute Gasteiger partial charge is 0.454 e. The molecule has 4 heteroatoms. The zero-order chi connectivity index (χ0) is 9.80. The highest BCUT2D eigenvalue weighted by Crippen LogP contribution is 2.32. The summed E-state index contributed by atoms with van der Waals surface area (Å²) >= 11 is 0. The normalized spacial score (nSPS) is 12.5. The van der Waals surface area contributed by atoms with Crippen molar-refractivity contribution in [1.29, 1.82) is 5.26 Å². The highest BCUT2D eigenvalue weighted by Gasteiger charge is 2.12. The third-order valence-corrected chi connectivity index (χ3v) is 1.97. The number of fused-ring (bicyclic) bond motifs is 1. The lowest BCUT2D eigenvalue weighted by molar-refractivity contribution is 0.174. The minimum absolute atomic E-state index is 0.296. The fourth-order valence-electron chi connectivity index (χ4n) is 1.31. The summed E-state index contributed by atoms with van der Waals surface area (Å²) in [5.41, 5.74) is 1.09. The van der Waals surface area contributed by atoms with Crippen molar-refractivity contribution in [2.75, 3.05) is 13.3 Å². The molecule has 0 saturated heterocycles. The molecule has 1 N–H and O–H groups in total. The van der Waals surface area contributed by atoms with Crippen LogP contribution < -0.4 is 14.8 Å². The Kier molecular flexibility index (Phi) is 2.52. The maximum Gasteiger partial charge on any atom is 0.231 e. The van der Waals surface area contributed by atoms with E-state index in [-0.39, 0.29) is 0 Å². The van der Waals surface area contributed by atoms with E-state index in [1.54, 1.807) is 0 Å². The molecule has 0 bridgehead atoms. The molecule has 1 aromatic rings. The Hall–Kier alpha value is -1.73. The van der Waals surface area contributed by atoms with E-state index in [0.717, 1.165) is 17.1 Å². The van der Waals surface area contributed by atoms with Crippen LogP contribution in [-0.4, -0.2) is 13.3 Å². The Morgan fingerprint density at radius 3 is 3.07 bits per heavy atom. The second kappa shape index (κ2) is 3.99. The molecule has 0 aromatic heterocycles. The van der Waals surface area contributed by atoms with E-state index in [4.69, 9.17) is 14.7 Å². The lowest BCUT2D eigenvalue weighted by atomic mass is 10.2. The number of hydrogen-bond acceptors (Lipinski definition) is 4. The van der Waals surface area contributed by atoms with Crippen LogP contribution in [-0.2, 0) is 6.54 Å². The molecule has 0 atom stereocenters. The zero-order valence-corrected chi connectivity index (χ0v) is 7.62. The summed E-state index contributed by atoms with van der Waals surface area (Å²) in [6, 6.07) is 7.78. The van der Waals surface area contributed by atoms with E-state index < -0.39 is 0 Å². The van der Waals surface area contributed by atoms with Crippen molar-refractivity contribution >= 4 is 0 Å². The second-order valence-corrected chi connectivity index (χ2v) is 2.95. The molecular formula is C10H10N2O2. The molecule has 0 radical (unpaired) electrons. The van der Waals surface area contributed by atoms with E-state index in [1.165, 1.54) is 0 Å². The van der Waals surface area contributed by atoms with Crippen LogP contribution in [0, 0.1) is 11.3 Å². The van der Waals surface area contributed by atoms with Crippen molar-refractivity contribution in [2.45, 2.75) is 6.54 Å². The number of rotatable bonds is 3. The van der Waals surface area contributed by atoms with Crippen molar-refractivity contribution in [3.63, 3.8) is 0 Å². The number of hydrogen-bond donors (Lipinski definition) is 1. The van der Waals surface area contributed by atoms with Crippen LogP contribution in [0.5, 0.6) is 11.5 Å². The lowest BCUT2D eigenvalue weighted by Gasteiger charge is -2.02. The Morgan fingerprint density at radius 1 is 1.36 bits per heavy atom. The van der Waals surface area contributed by atoms with E-state index >= 15 is 0 Å². The van der Waals surface area contributed by atoms with Crippen molar-refractivity contribution < 1.29 is 9.47 Å². The molecular weight excluding hydrogens is 180 g/mol.